The zero-order chi connectivity index (χ0) is 13.1. The summed E-state index contributed by atoms with van der Waals surface area (Å²) in [7, 11) is 0. The molecule has 2 nitrogen and oxygen atoms in total. The van der Waals surface area contributed by atoms with Crippen LogP contribution in [0.25, 0.3) is 0 Å². The molecule has 1 aromatic rings. The predicted octanol–water partition coefficient (Wildman–Crippen LogP) is 3.71. The van der Waals surface area contributed by atoms with E-state index in [4.69, 9.17) is 0 Å². The molecule has 1 heterocycles. The normalized spacial score (nSPS) is 22.9. The molecule has 2 unspecified atom stereocenters. The maximum absolute atomic E-state index is 13.8. The van der Waals surface area contributed by atoms with E-state index in [1.54, 1.807) is 12.1 Å². The lowest BCUT2D eigenvalue weighted by Gasteiger charge is -2.36. The highest BCUT2D eigenvalue weighted by molar-refractivity contribution is 5.29. The molecule has 0 amide bonds. The second kappa shape index (κ2) is 5.70. The number of nitrogens with zero attached hydrogens (tertiary/aromatic N) is 1. The first-order valence-electron chi connectivity index (χ1n) is 6.84. The summed E-state index contributed by atoms with van der Waals surface area (Å²) >= 11 is 0. The molecular weight excluding hydrogens is 229 g/mol. The van der Waals surface area contributed by atoms with Crippen molar-refractivity contribution in [2.45, 2.75) is 39.2 Å². The Morgan fingerprint density at radius 1 is 1.50 bits per heavy atom. The van der Waals surface area contributed by atoms with Crippen molar-refractivity contribution in [1.29, 1.82) is 0 Å². The molecule has 1 aliphatic heterocycles. The molecule has 0 aliphatic carbocycles. The number of phenolic OH excluding ortho intramolecular Hbond substituents is 1. The molecule has 1 fully saturated rings. The van der Waals surface area contributed by atoms with E-state index in [1.807, 2.05) is 6.92 Å². The maximum atomic E-state index is 13.8. The summed E-state index contributed by atoms with van der Waals surface area (Å²) in [6, 6.07) is 4.55. The molecule has 0 bridgehead atoms. The van der Waals surface area contributed by atoms with E-state index >= 15 is 0 Å². The highest BCUT2D eigenvalue weighted by Crippen LogP contribution is 2.30. The molecule has 18 heavy (non-hydrogen) atoms. The lowest BCUT2D eigenvalue weighted by Crippen LogP contribution is -2.37. The van der Waals surface area contributed by atoms with Crippen molar-refractivity contribution in [2.24, 2.45) is 5.92 Å². The Kier molecular flexibility index (Phi) is 4.23. The van der Waals surface area contributed by atoms with E-state index in [1.165, 1.54) is 25.3 Å². The van der Waals surface area contributed by atoms with Crippen LogP contribution in [-0.2, 0) is 0 Å². The molecule has 0 spiro atoms. The molecule has 100 valence electrons. The third-order valence-corrected chi connectivity index (χ3v) is 4.11. The van der Waals surface area contributed by atoms with E-state index in [0.29, 0.717) is 5.56 Å². The Bertz CT molecular complexity index is 407. The monoisotopic (exact) mass is 251 g/mol. The number of rotatable bonds is 3. The van der Waals surface area contributed by atoms with Crippen LogP contribution in [0.1, 0.15) is 44.7 Å². The van der Waals surface area contributed by atoms with Gasteiger partial charge >= 0.3 is 0 Å². The van der Waals surface area contributed by atoms with Gasteiger partial charge in [-0.05, 0) is 38.3 Å². The Labute approximate surface area is 108 Å². The van der Waals surface area contributed by atoms with Gasteiger partial charge in [0.1, 0.15) is 11.6 Å². The van der Waals surface area contributed by atoms with Crippen molar-refractivity contribution in [2.75, 3.05) is 13.1 Å². The van der Waals surface area contributed by atoms with Gasteiger partial charge in [-0.15, -0.1) is 0 Å². The second-order valence-corrected chi connectivity index (χ2v) is 5.29. The van der Waals surface area contributed by atoms with Gasteiger partial charge in [0.05, 0.1) is 0 Å². The number of benzene rings is 1. The molecule has 3 heteroatoms. The summed E-state index contributed by atoms with van der Waals surface area (Å²) in [6.07, 6.45) is 3.68. The number of hydrogen-bond donors (Lipinski definition) is 1. The lowest BCUT2D eigenvalue weighted by atomic mass is 9.93. The van der Waals surface area contributed by atoms with Crippen LogP contribution in [-0.4, -0.2) is 23.1 Å². The van der Waals surface area contributed by atoms with Crippen LogP contribution in [0.2, 0.25) is 0 Å². The number of halogens is 1. The number of aromatic hydroxyl groups is 1. The Hall–Kier alpha value is -1.09. The van der Waals surface area contributed by atoms with E-state index in [9.17, 15) is 9.50 Å². The Morgan fingerprint density at radius 3 is 2.94 bits per heavy atom. The van der Waals surface area contributed by atoms with Crippen LogP contribution in [0.5, 0.6) is 5.75 Å². The lowest BCUT2D eigenvalue weighted by molar-refractivity contribution is 0.127. The number of hydrogen-bond acceptors (Lipinski definition) is 2. The molecule has 0 saturated carbocycles. The van der Waals surface area contributed by atoms with Gasteiger partial charge in [0.15, 0.2) is 0 Å². The predicted molar refractivity (Wildman–Crippen MR) is 71.1 cm³/mol. The fourth-order valence-corrected chi connectivity index (χ4v) is 2.83. The smallest absolute Gasteiger partial charge is 0.131 e. The molecule has 0 radical (unpaired) electrons. The Balaban J connectivity index is 2.12. The molecule has 1 aliphatic rings. The summed E-state index contributed by atoms with van der Waals surface area (Å²) in [5, 5.41) is 9.26. The van der Waals surface area contributed by atoms with E-state index in [0.717, 1.165) is 19.0 Å². The van der Waals surface area contributed by atoms with Crippen LogP contribution in [0, 0.1) is 11.7 Å². The van der Waals surface area contributed by atoms with Gasteiger partial charge in [0.2, 0.25) is 0 Å². The van der Waals surface area contributed by atoms with Crippen molar-refractivity contribution in [1.82, 2.24) is 4.90 Å². The number of piperidine rings is 1. The highest BCUT2D eigenvalue weighted by atomic mass is 19.1. The fraction of sp³-hybridized carbons (Fsp3) is 0.600. The zero-order valence-corrected chi connectivity index (χ0v) is 11.2. The van der Waals surface area contributed by atoms with Crippen molar-refractivity contribution >= 4 is 0 Å². The van der Waals surface area contributed by atoms with Crippen molar-refractivity contribution in [3.63, 3.8) is 0 Å². The zero-order valence-electron chi connectivity index (χ0n) is 11.2. The van der Waals surface area contributed by atoms with Gasteiger partial charge in [0, 0.05) is 24.2 Å². The third kappa shape index (κ3) is 2.83. The quantitative estimate of drug-likeness (QED) is 0.885. The molecule has 1 saturated heterocycles. The van der Waals surface area contributed by atoms with Gasteiger partial charge in [-0.1, -0.05) is 19.4 Å². The van der Waals surface area contributed by atoms with Crippen molar-refractivity contribution in [3.05, 3.63) is 29.6 Å². The second-order valence-electron chi connectivity index (χ2n) is 5.29. The third-order valence-electron chi connectivity index (χ3n) is 4.11. The molecule has 1 N–H and O–H groups in total. The standard InChI is InChI=1S/C15H22FNO/c1-3-12-5-4-8-17(10-12)11(2)14-7-6-13(18)9-15(14)16/h6-7,9,11-12,18H,3-5,8,10H2,1-2H3. The van der Waals surface area contributed by atoms with Crippen LogP contribution < -0.4 is 0 Å². The van der Waals surface area contributed by atoms with E-state index in [2.05, 4.69) is 11.8 Å². The van der Waals surface area contributed by atoms with Crippen molar-refractivity contribution < 1.29 is 9.50 Å². The van der Waals surface area contributed by atoms with Crippen LogP contribution >= 0.6 is 0 Å². The number of phenols is 1. The minimum absolute atomic E-state index is 0.00599. The molecule has 0 aromatic heterocycles. The molecule has 2 atom stereocenters. The van der Waals surface area contributed by atoms with Crippen LogP contribution in [0.15, 0.2) is 18.2 Å². The summed E-state index contributed by atoms with van der Waals surface area (Å²) in [6.45, 7) is 6.36. The minimum Gasteiger partial charge on any atom is -0.508 e. The number of likely N-dealkylation sites (tertiary alicyclic amines) is 1. The topological polar surface area (TPSA) is 23.5 Å². The first-order valence-corrected chi connectivity index (χ1v) is 6.84. The highest BCUT2D eigenvalue weighted by Gasteiger charge is 2.24. The first-order chi connectivity index (χ1) is 8.61. The van der Waals surface area contributed by atoms with Gasteiger partial charge < -0.3 is 5.11 Å². The summed E-state index contributed by atoms with van der Waals surface area (Å²) in [5.41, 5.74) is 0.685. The minimum atomic E-state index is -0.305. The first kappa shape index (κ1) is 13.3. The summed E-state index contributed by atoms with van der Waals surface area (Å²) < 4.78 is 13.8. The van der Waals surface area contributed by atoms with Crippen molar-refractivity contribution in [3.8, 4) is 5.75 Å². The van der Waals surface area contributed by atoms with Crippen LogP contribution in [0.4, 0.5) is 4.39 Å². The van der Waals surface area contributed by atoms with E-state index < -0.39 is 0 Å². The maximum Gasteiger partial charge on any atom is 0.131 e. The van der Waals surface area contributed by atoms with Crippen LogP contribution in [0.3, 0.4) is 0 Å². The van der Waals surface area contributed by atoms with Gasteiger partial charge in [-0.2, -0.15) is 0 Å². The average molecular weight is 251 g/mol. The summed E-state index contributed by atoms with van der Waals surface area (Å²) in [5.74, 6) is 0.427. The molecular formula is C15H22FNO. The molecule has 2 rings (SSSR count). The van der Waals surface area contributed by atoms with Gasteiger partial charge in [-0.25, -0.2) is 4.39 Å². The average Bonchev–Trinajstić information content (AvgIpc) is 2.38. The largest absolute Gasteiger partial charge is 0.508 e. The Morgan fingerprint density at radius 2 is 2.28 bits per heavy atom. The SMILES string of the molecule is CCC1CCCN(C(C)c2ccc(O)cc2F)C1. The van der Waals surface area contributed by atoms with Gasteiger partial charge in [0.25, 0.3) is 0 Å². The fourth-order valence-electron chi connectivity index (χ4n) is 2.83. The summed E-state index contributed by atoms with van der Waals surface area (Å²) in [4.78, 5) is 2.35. The molecule has 1 aromatic carbocycles. The van der Waals surface area contributed by atoms with E-state index in [-0.39, 0.29) is 17.6 Å². The van der Waals surface area contributed by atoms with Gasteiger partial charge in [-0.3, -0.25) is 4.90 Å².